The van der Waals surface area contributed by atoms with Crippen LogP contribution in [0.2, 0.25) is 0 Å². The lowest BCUT2D eigenvalue weighted by atomic mass is 10.2. The van der Waals surface area contributed by atoms with Crippen LogP contribution >= 0.6 is 0 Å². The van der Waals surface area contributed by atoms with E-state index in [1.54, 1.807) is 65.7 Å². The zero-order chi connectivity index (χ0) is 20.1. The van der Waals surface area contributed by atoms with E-state index in [4.69, 9.17) is 4.74 Å². The molecule has 0 aliphatic rings. The maximum Gasteiger partial charge on any atom is 0.251 e. The van der Waals surface area contributed by atoms with Crippen molar-refractivity contribution in [2.75, 3.05) is 0 Å². The number of pyridine rings is 1. The van der Waals surface area contributed by atoms with Crippen molar-refractivity contribution in [2.24, 2.45) is 0 Å². The van der Waals surface area contributed by atoms with Gasteiger partial charge in [0.1, 0.15) is 24.2 Å². The molecule has 0 saturated heterocycles. The number of nitrogens with one attached hydrogen (secondary N) is 1. The van der Waals surface area contributed by atoms with E-state index >= 15 is 0 Å². The third-order valence-corrected chi connectivity index (χ3v) is 4.11. The molecule has 0 spiro atoms. The molecule has 0 unspecified atom stereocenters. The summed E-state index contributed by atoms with van der Waals surface area (Å²) in [5.74, 6) is -0.00164. The summed E-state index contributed by atoms with van der Waals surface area (Å²) in [5, 5.41) is 6.89. The second kappa shape index (κ2) is 8.30. The highest BCUT2D eigenvalue weighted by Crippen LogP contribution is 2.23. The number of hydrogen-bond acceptors (Lipinski definition) is 5. The molecule has 4 rings (SSSR count). The largest absolute Gasteiger partial charge is 0.439 e. The van der Waals surface area contributed by atoms with Gasteiger partial charge in [0, 0.05) is 29.9 Å². The van der Waals surface area contributed by atoms with Crippen molar-refractivity contribution in [3.63, 3.8) is 0 Å². The number of ether oxygens (including phenoxy) is 1. The van der Waals surface area contributed by atoms with Crippen LogP contribution in [-0.4, -0.2) is 25.7 Å². The molecule has 8 heteroatoms. The highest BCUT2D eigenvalue weighted by molar-refractivity contribution is 5.94. The fourth-order valence-electron chi connectivity index (χ4n) is 2.68. The summed E-state index contributed by atoms with van der Waals surface area (Å²) in [7, 11) is 0. The zero-order valence-electron chi connectivity index (χ0n) is 15.2. The van der Waals surface area contributed by atoms with E-state index in [0.717, 1.165) is 5.69 Å². The van der Waals surface area contributed by atoms with Crippen LogP contribution in [0, 0.1) is 5.82 Å². The van der Waals surface area contributed by atoms with Gasteiger partial charge in [0.2, 0.25) is 5.88 Å². The smallest absolute Gasteiger partial charge is 0.251 e. The minimum Gasteiger partial charge on any atom is -0.439 e. The van der Waals surface area contributed by atoms with Gasteiger partial charge in [-0.2, -0.15) is 5.10 Å². The van der Waals surface area contributed by atoms with Gasteiger partial charge in [-0.3, -0.25) is 4.79 Å². The van der Waals surface area contributed by atoms with Crippen molar-refractivity contribution in [3.8, 4) is 17.3 Å². The number of hydrogen-bond donors (Lipinski definition) is 1. The molecule has 0 atom stereocenters. The van der Waals surface area contributed by atoms with E-state index in [1.807, 2.05) is 0 Å². The Balaban J connectivity index is 1.43. The predicted octanol–water partition coefficient (Wildman–Crippen LogP) is 3.52. The summed E-state index contributed by atoms with van der Waals surface area (Å²) in [6, 6.07) is 16.3. The zero-order valence-corrected chi connectivity index (χ0v) is 15.2. The topological polar surface area (TPSA) is 81.9 Å². The summed E-state index contributed by atoms with van der Waals surface area (Å²) < 4.78 is 20.6. The average Bonchev–Trinajstić information content (AvgIpc) is 3.28. The van der Waals surface area contributed by atoms with E-state index in [-0.39, 0.29) is 12.5 Å². The molecule has 29 heavy (non-hydrogen) atoms. The first-order chi connectivity index (χ1) is 14.2. The molecule has 0 saturated carbocycles. The molecule has 0 aliphatic carbocycles. The lowest BCUT2D eigenvalue weighted by Crippen LogP contribution is -2.23. The number of aromatic nitrogens is 4. The highest BCUT2D eigenvalue weighted by Gasteiger charge is 2.10. The number of amides is 1. The lowest BCUT2D eigenvalue weighted by molar-refractivity contribution is 0.0950. The molecular formula is C21H16FN5O2. The minimum atomic E-state index is -0.400. The van der Waals surface area contributed by atoms with Crippen LogP contribution in [0.4, 0.5) is 4.39 Å². The number of halogens is 1. The Bertz CT molecular complexity index is 1110. The van der Waals surface area contributed by atoms with Gasteiger partial charge in [0.25, 0.3) is 5.91 Å². The number of carbonyl (C=O) groups excluding carboxylic acids is 1. The Hall–Kier alpha value is -4.07. The maximum atomic E-state index is 13.4. The van der Waals surface area contributed by atoms with Crippen molar-refractivity contribution in [2.45, 2.75) is 6.54 Å². The van der Waals surface area contributed by atoms with Crippen molar-refractivity contribution < 1.29 is 13.9 Å². The van der Waals surface area contributed by atoms with E-state index < -0.39 is 5.82 Å². The van der Waals surface area contributed by atoms with Crippen molar-refractivity contribution in [1.29, 1.82) is 0 Å². The predicted molar refractivity (Wildman–Crippen MR) is 103 cm³/mol. The van der Waals surface area contributed by atoms with Crippen LogP contribution in [0.25, 0.3) is 5.69 Å². The van der Waals surface area contributed by atoms with Crippen LogP contribution in [0.3, 0.4) is 0 Å². The molecule has 7 nitrogen and oxygen atoms in total. The van der Waals surface area contributed by atoms with Crippen molar-refractivity contribution in [3.05, 3.63) is 96.5 Å². The standard InChI is InChI=1S/C21H16FN5O2/c22-17-4-1-5-19(11-17)29-21-16(3-2-10-24-21)12-25-20(28)15-6-8-18(9-7-15)27-14-23-13-26-27/h1-11,13-14H,12H2,(H,25,28). The molecule has 0 fully saturated rings. The summed E-state index contributed by atoms with van der Waals surface area (Å²) in [6.07, 6.45) is 4.60. The third-order valence-electron chi connectivity index (χ3n) is 4.11. The molecule has 1 amide bonds. The number of nitrogens with zero attached hydrogens (tertiary/aromatic N) is 4. The molecule has 0 radical (unpaired) electrons. The first-order valence-electron chi connectivity index (χ1n) is 8.79. The van der Waals surface area contributed by atoms with Gasteiger partial charge in [-0.15, -0.1) is 0 Å². The van der Waals surface area contributed by atoms with Gasteiger partial charge in [0.15, 0.2) is 0 Å². The minimum absolute atomic E-state index is 0.210. The van der Waals surface area contributed by atoms with E-state index in [0.29, 0.717) is 22.8 Å². The summed E-state index contributed by atoms with van der Waals surface area (Å²) >= 11 is 0. The molecule has 144 valence electrons. The third kappa shape index (κ3) is 4.44. The first kappa shape index (κ1) is 18.3. The summed E-state index contributed by atoms with van der Waals surface area (Å²) in [5.41, 5.74) is 1.98. The van der Waals surface area contributed by atoms with Gasteiger partial charge in [-0.25, -0.2) is 19.0 Å². The molecule has 1 N–H and O–H groups in total. The van der Waals surface area contributed by atoms with Gasteiger partial charge < -0.3 is 10.1 Å². The van der Waals surface area contributed by atoms with Crippen LogP contribution in [0.15, 0.2) is 79.5 Å². The van der Waals surface area contributed by atoms with Crippen molar-refractivity contribution in [1.82, 2.24) is 25.1 Å². The monoisotopic (exact) mass is 389 g/mol. The Kier molecular flexibility index (Phi) is 5.24. The Morgan fingerprint density at radius 1 is 1.10 bits per heavy atom. The second-order valence-electron chi connectivity index (χ2n) is 6.10. The van der Waals surface area contributed by atoms with E-state index in [9.17, 15) is 9.18 Å². The fraction of sp³-hybridized carbons (Fsp3) is 0.0476. The van der Waals surface area contributed by atoms with E-state index in [1.165, 1.54) is 18.5 Å². The quantitative estimate of drug-likeness (QED) is 0.546. The molecule has 0 aliphatic heterocycles. The fourth-order valence-corrected chi connectivity index (χ4v) is 2.68. The SMILES string of the molecule is O=C(NCc1cccnc1Oc1cccc(F)c1)c1ccc(-n2cncn2)cc1. The van der Waals surface area contributed by atoms with Gasteiger partial charge in [0.05, 0.1) is 5.69 Å². The Labute approximate surface area is 165 Å². The molecule has 4 aromatic rings. The molecular weight excluding hydrogens is 373 g/mol. The lowest BCUT2D eigenvalue weighted by Gasteiger charge is -2.11. The van der Waals surface area contributed by atoms with Gasteiger partial charge in [-0.1, -0.05) is 12.1 Å². The second-order valence-corrected chi connectivity index (χ2v) is 6.10. The van der Waals surface area contributed by atoms with Gasteiger partial charge in [-0.05, 0) is 42.5 Å². The number of rotatable bonds is 6. The Morgan fingerprint density at radius 2 is 1.97 bits per heavy atom. The first-order valence-corrected chi connectivity index (χ1v) is 8.79. The number of carbonyl (C=O) groups is 1. The molecule has 2 heterocycles. The van der Waals surface area contributed by atoms with Crippen LogP contribution in [-0.2, 0) is 6.54 Å². The van der Waals surface area contributed by atoms with Crippen LogP contribution in [0.5, 0.6) is 11.6 Å². The summed E-state index contributed by atoms with van der Waals surface area (Å²) in [6.45, 7) is 0.210. The molecule has 0 bridgehead atoms. The van der Waals surface area contributed by atoms with E-state index in [2.05, 4.69) is 20.4 Å². The maximum absolute atomic E-state index is 13.4. The van der Waals surface area contributed by atoms with Gasteiger partial charge >= 0.3 is 0 Å². The Morgan fingerprint density at radius 3 is 2.72 bits per heavy atom. The highest BCUT2D eigenvalue weighted by atomic mass is 19.1. The average molecular weight is 389 g/mol. The van der Waals surface area contributed by atoms with Crippen LogP contribution < -0.4 is 10.1 Å². The normalized spacial score (nSPS) is 10.5. The van der Waals surface area contributed by atoms with Crippen molar-refractivity contribution >= 4 is 5.91 Å². The van der Waals surface area contributed by atoms with Crippen LogP contribution in [0.1, 0.15) is 15.9 Å². The summed E-state index contributed by atoms with van der Waals surface area (Å²) in [4.78, 5) is 20.6. The molecule has 2 aromatic heterocycles. The molecule has 2 aromatic carbocycles. The number of benzene rings is 2.